The molecular formula is C14H21N7O2. The van der Waals surface area contributed by atoms with Gasteiger partial charge in [0.25, 0.3) is 5.91 Å². The maximum absolute atomic E-state index is 12.3. The van der Waals surface area contributed by atoms with Crippen molar-refractivity contribution in [2.75, 3.05) is 5.32 Å². The van der Waals surface area contributed by atoms with E-state index >= 15 is 0 Å². The van der Waals surface area contributed by atoms with E-state index in [0.717, 1.165) is 17.0 Å². The molecule has 2 aromatic heterocycles. The van der Waals surface area contributed by atoms with Crippen molar-refractivity contribution in [3.8, 4) is 0 Å². The SMILES string of the molecule is Cc1nn(C(=O)Cn2cc(NC(=O)C(C)C)nn2)c(C)c1CN. The average Bonchev–Trinajstić information content (AvgIpc) is 3.03. The molecule has 2 aromatic rings. The Kier molecular flexibility index (Phi) is 4.89. The lowest BCUT2D eigenvalue weighted by molar-refractivity contribution is -0.118. The molecule has 0 spiro atoms. The Morgan fingerprint density at radius 2 is 2.04 bits per heavy atom. The van der Waals surface area contributed by atoms with Crippen LogP contribution in [0.15, 0.2) is 6.20 Å². The third kappa shape index (κ3) is 3.62. The molecule has 2 rings (SSSR count). The number of aromatic nitrogens is 5. The van der Waals surface area contributed by atoms with Gasteiger partial charge in [0.1, 0.15) is 6.54 Å². The number of carbonyl (C=O) groups excluding carboxylic acids is 2. The molecule has 1 amide bonds. The second-order valence-electron chi connectivity index (χ2n) is 5.60. The summed E-state index contributed by atoms with van der Waals surface area (Å²) in [6.07, 6.45) is 1.51. The van der Waals surface area contributed by atoms with Crippen LogP contribution in [-0.2, 0) is 17.9 Å². The van der Waals surface area contributed by atoms with Gasteiger partial charge in [0.15, 0.2) is 5.82 Å². The molecule has 0 fully saturated rings. The summed E-state index contributed by atoms with van der Waals surface area (Å²) in [6.45, 7) is 7.47. The number of amides is 1. The van der Waals surface area contributed by atoms with E-state index in [9.17, 15) is 9.59 Å². The molecule has 3 N–H and O–H groups in total. The number of rotatable bonds is 5. The molecule has 0 unspecified atom stereocenters. The average molecular weight is 319 g/mol. The molecule has 124 valence electrons. The van der Waals surface area contributed by atoms with Crippen LogP contribution >= 0.6 is 0 Å². The van der Waals surface area contributed by atoms with Gasteiger partial charge in [-0.2, -0.15) is 5.10 Å². The number of anilines is 1. The number of hydrogen-bond acceptors (Lipinski definition) is 6. The first-order chi connectivity index (χ1) is 10.8. The lowest BCUT2D eigenvalue weighted by atomic mass is 10.2. The summed E-state index contributed by atoms with van der Waals surface area (Å²) in [7, 11) is 0. The predicted octanol–water partition coefficient (Wildman–Crippen LogP) is 0.485. The molecule has 0 aliphatic carbocycles. The first-order valence-electron chi connectivity index (χ1n) is 7.32. The van der Waals surface area contributed by atoms with Crippen LogP contribution in [0.3, 0.4) is 0 Å². The Bertz CT molecular complexity index is 730. The van der Waals surface area contributed by atoms with Crippen LogP contribution in [0.5, 0.6) is 0 Å². The zero-order chi connectivity index (χ0) is 17.1. The normalized spacial score (nSPS) is 11.0. The quantitative estimate of drug-likeness (QED) is 0.827. The summed E-state index contributed by atoms with van der Waals surface area (Å²) >= 11 is 0. The molecule has 0 radical (unpaired) electrons. The first kappa shape index (κ1) is 16.8. The Morgan fingerprint density at radius 3 is 2.61 bits per heavy atom. The van der Waals surface area contributed by atoms with Crippen molar-refractivity contribution in [2.45, 2.75) is 40.8 Å². The van der Waals surface area contributed by atoms with E-state index in [4.69, 9.17) is 5.73 Å². The third-order valence-electron chi connectivity index (χ3n) is 3.49. The molecule has 0 aliphatic rings. The molecule has 2 heterocycles. The molecule has 0 aliphatic heterocycles. The fourth-order valence-corrected chi connectivity index (χ4v) is 2.12. The lowest BCUT2D eigenvalue weighted by Crippen LogP contribution is -2.21. The van der Waals surface area contributed by atoms with Crippen LogP contribution in [0.25, 0.3) is 0 Å². The minimum Gasteiger partial charge on any atom is -0.326 e. The van der Waals surface area contributed by atoms with Crippen molar-refractivity contribution in [3.63, 3.8) is 0 Å². The van der Waals surface area contributed by atoms with E-state index in [-0.39, 0.29) is 24.3 Å². The monoisotopic (exact) mass is 319 g/mol. The number of hydrogen-bond donors (Lipinski definition) is 2. The summed E-state index contributed by atoms with van der Waals surface area (Å²) in [6, 6.07) is 0. The van der Waals surface area contributed by atoms with Crippen molar-refractivity contribution in [1.82, 2.24) is 24.8 Å². The van der Waals surface area contributed by atoms with Gasteiger partial charge in [-0.15, -0.1) is 5.10 Å². The second-order valence-corrected chi connectivity index (χ2v) is 5.60. The van der Waals surface area contributed by atoms with Crippen LogP contribution in [0.2, 0.25) is 0 Å². The molecule has 0 saturated heterocycles. The van der Waals surface area contributed by atoms with Gasteiger partial charge in [0.2, 0.25) is 5.91 Å². The van der Waals surface area contributed by atoms with Gasteiger partial charge in [-0.3, -0.25) is 9.59 Å². The molecule has 9 nitrogen and oxygen atoms in total. The second kappa shape index (κ2) is 6.69. The van der Waals surface area contributed by atoms with Gasteiger partial charge in [-0.05, 0) is 13.8 Å². The van der Waals surface area contributed by atoms with Gasteiger partial charge in [-0.25, -0.2) is 9.36 Å². The molecule has 0 bridgehead atoms. The van der Waals surface area contributed by atoms with Crippen molar-refractivity contribution >= 4 is 17.6 Å². The van der Waals surface area contributed by atoms with Crippen LogP contribution < -0.4 is 11.1 Å². The Labute approximate surface area is 133 Å². The highest BCUT2D eigenvalue weighted by molar-refractivity contribution is 5.91. The van der Waals surface area contributed by atoms with E-state index in [1.165, 1.54) is 15.6 Å². The summed E-state index contributed by atoms with van der Waals surface area (Å²) < 4.78 is 2.68. The molecule has 0 aromatic carbocycles. The number of nitrogens with two attached hydrogens (primary N) is 1. The zero-order valence-corrected chi connectivity index (χ0v) is 13.7. The molecular weight excluding hydrogens is 298 g/mol. The van der Waals surface area contributed by atoms with Crippen molar-refractivity contribution in [3.05, 3.63) is 23.1 Å². The molecule has 0 atom stereocenters. The van der Waals surface area contributed by atoms with E-state index in [2.05, 4.69) is 20.7 Å². The highest BCUT2D eigenvalue weighted by Crippen LogP contribution is 2.12. The van der Waals surface area contributed by atoms with Crippen LogP contribution in [-0.4, -0.2) is 36.6 Å². The van der Waals surface area contributed by atoms with Crippen molar-refractivity contribution in [1.29, 1.82) is 0 Å². The number of carbonyl (C=O) groups is 2. The summed E-state index contributed by atoms with van der Waals surface area (Å²) in [4.78, 5) is 23.9. The summed E-state index contributed by atoms with van der Waals surface area (Å²) in [5.41, 5.74) is 7.99. The number of nitrogens with one attached hydrogen (secondary N) is 1. The number of nitrogens with zero attached hydrogens (tertiary/aromatic N) is 5. The van der Waals surface area contributed by atoms with E-state index < -0.39 is 0 Å². The standard InChI is InChI=1S/C14H21N7O2/c1-8(2)14(23)16-12-6-20(19-17-12)7-13(22)21-10(4)11(5-15)9(3)18-21/h6,8H,5,7,15H2,1-4H3,(H,16,23). The Morgan fingerprint density at radius 1 is 1.35 bits per heavy atom. The van der Waals surface area contributed by atoms with E-state index in [1.54, 1.807) is 20.8 Å². The summed E-state index contributed by atoms with van der Waals surface area (Å²) in [5.74, 6) is -0.259. The first-order valence-corrected chi connectivity index (χ1v) is 7.32. The number of aryl methyl sites for hydroxylation is 1. The minimum absolute atomic E-state index is 0.0312. The van der Waals surface area contributed by atoms with Crippen LogP contribution in [0, 0.1) is 19.8 Å². The van der Waals surface area contributed by atoms with Crippen LogP contribution in [0.1, 0.15) is 35.6 Å². The fourth-order valence-electron chi connectivity index (χ4n) is 2.12. The van der Waals surface area contributed by atoms with Gasteiger partial charge in [-0.1, -0.05) is 19.1 Å². The van der Waals surface area contributed by atoms with Gasteiger partial charge in [0.05, 0.1) is 11.9 Å². The van der Waals surface area contributed by atoms with Crippen molar-refractivity contribution in [2.24, 2.45) is 11.7 Å². The largest absolute Gasteiger partial charge is 0.326 e. The molecule has 9 heteroatoms. The predicted molar refractivity (Wildman–Crippen MR) is 83.7 cm³/mol. The van der Waals surface area contributed by atoms with Gasteiger partial charge < -0.3 is 11.1 Å². The highest BCUT2D eigenvalue weighted by atomic mass is 16.2. The summed E-state index contributed by atoms with van der Waals surface area (Å²) in [5, 5.41) is 14.5. The highest BCUT2D eigenvalue weighted by Gasteiger charge is 2.17. The fraction of sp³-hybridized carbons (Fsp3) is 0.500. The molecule has 0 saturated carbocycles. The zero-order valence-electron chi connectivity index (χ0n) is 13.7. The van der Waals surface area contributed by atoms with Crippen LogP contribution in [0.4, 0.5) is 5.82 Å². The third-order valence-corrected chi connectivity index (χ3v) is 3.49. The Hall–Kier alpha value is -2.55. The smallest absolute Gasteiger partial charge is 0.268 e. The lowest BCUT2D eigenvalue weighted by Gasteiger charge is -2.04. The topological polar surface area (TPSA) is 121 Å². The van der Waals surface area contributed by atoms with Gasteiger partial charge in [0, 0.05) is 23.7 Å². The maximum atomic E-state index is 12.3. The van der Waals surface area contributed by atoms with E-state index in [1.807, 2.05) is 6.92 Å². The van der Waals surface area contributed by atoms with Crippen molar-refractivity contribution < 1.29 is 9.59 Å². The molecule has 23 heavy (non-hydrogen) atoms. The minimum atomic E-state index is -0.253. The van der Waals surface area contributed by atoms with Gasteiger partial charge >= 0.3 is 0 Å². The Balaban J connectivity index is 2.09. The van der Waals surface area contributed by atoms with E-state index in [0.29, 0.717) is 12.4 Å². The maximum Gasteiger partial charge on any atom is 0.268 e.